The highest BCUT2D eigenvalue weighted by Crippen LogP contribution is 2.23. The summed E-state index contributed by atoms with van der Waals surface area (Å²) in [6, 6.07) is 12.9. The quantitative estimate of drug-likeness (QED) is 0.719. The molecule has 1 aromatic heterocycles. The van der Waals surface area contributed by atoms with Crippen LogP contribution in [0.15, 0.2) is 54.7 Å². The lowest BCUT2D eigenvalue weighted by Gasteiger charge is -2.15. The van der Waals surface area contributed by atoms with Gasteiger partial charge in [-0.25, -0.2) is 14.4 Å². The lowest BCUT2D eigenvalue weighted by Crippen LogP contribution is -2.43. The number of halogens is 1. The number of carbonyl (C=O) groups excluding carboxylic acids is 2. The molecule has 2 aromatic carbocycles. The van der Waals surface area contributed by atoms with Crippen LogP contribution in [0.3, 0.4) is 0 Å². The van der Waals surface area contributed by atoms with Crippen LogP contribution in [0.2, 0.25) is 0 Å². The van der Waals surface area contributed by atoms with Crippen LogP contribution in [0, 0.1) is 12.7 Å². The summed E-state index contributed by atoms with van der Waals surface area (Å²) in [7, 11) is 0. The van der Waals surface area contributed by atoms with E-state index in [0.717, 1.165) is 16.8 Å². The first-order valence-electron chi connectivity index (χ1n) is 9.30. The topological polar surface area (TPSA) is 84.0 Å². The van der Waals surface area contributed by atoms with E-state index in [0.29, 0.717) is 24.1 Å². The lowest BCUT2D eigenvalue weighted by molar-refractivity contribution is -0.118. The number of fused-ring (bicyclic) bond motifs is 1. The third-order valence-corrected chi connectivity index (χ3v) is 4.87. The van der Waals surface area contributed by atoms with Crippen LogP contribution < -0.4 is 10.6 Å². The number of para-hydroxylation sites is 1. The van der Waals surface area contributed by atoms with Gasteiger partial charge in [-0.05, 0) is 49.1 Å². The highest BCUT2D eigenvalue weighted by molar-refractivity contribution is 6.00. The van der Waals surface area contributed by atoms with E-state index in [9.17, 15) is 14.0 Å². The average molecular weight is 390 g/mol. The molecule has 0 aliphatic carbocycles. The molecule has 1 atom stereocenters. The average Bonchev–Trinajstić information content (AvgIpc) is 2.87. The van der Waals surface area contributed by atoms with Crippen molar-refractivity contribution in [1.82, 2.24) is 15.3 Å². The Hall–Kier alpha value is -3.61. The zero-order valence-electron chi connectivity index (χ0n) is 15.8. The van der Waals surface area contributed by atoms with Crippen molar-refractivity contribution in [3.8, 4) is 11.3 Å². The minimum absolute atomic E-state index is 0.0653. The Morgan fingerprint density at radius 1 is 1.21 bits per heavy atom. The maximum atomic E-state index is 13.6. The standard InChI is InChI=1S/C22H19FN4O2/c1-13-12-24-20(27-19(13)15-6-4-7-16(23)11-15)22(29)26-18-10-9-14-5-2-3-8-17(14)25-21(18)28/h2-8,11-12,18H,9-10H2,1H3,(H,25,28)(H,26,29)/t18-/m0/s1. The number of aryl methyl sites for hydroxylation is 2. The van der Waals surface area contributed by atoms with Crippen molar-refractivity contribution in [3.63, 3.8) is 0 Å². The van der Waals surface area contributed by atoms with E-state index in [1.165, 1.54) is 18.3 Å². The zero-order chi connectivity index (χ0) is 20.4. The Kier molecular flexibility index (Phi) is 5.03. The molecule has 0 unspecified atom stereocenters. The van der Waals surface area contributed by atoms with E-state index in [4.69, 9.17) is 0 Å². The molecular formula is C22H19FN4O2. The predicted octanol–water partition coefficient (Wildman–Crippen LogP) is 3.27. The van der Waals surface area contributed by atoms with Gasteiger partial charge in [0.25, 0.3) is 5.91 Å². The Bertz CT molecular complexity index is 1100. The van der Waals surface area contributed by atoms with E-state index in [-0.39, 0.29) is 17.5 Å². The number of amides is 2. The molecule has 0 radical (unpaired) electrons. The van der Waals surface area contributed by atoms with Gasteiger partial charge < -0.3 is 10.6 Å². The molecule has 0 saturated heterocycles. The molecule has 1 aliphatic heterocycles. The molecular weight excluding hydrogens is 371 g/mol. The van der Waals surface area contributed by atoms with Crippen LogP contribution in [0.4, 0.5) is 10.1 Å². The molecule has 2 heterocycles. The molecule has 2 amide bonds. The van der Waals surface area contributed by atoms with Crippen molar-refractivity contribution in [2.75, 3.05) is 5.32 Å². The molecule has 0 fully saturated rings. The number of hydrogen-bond acceptors (Lipinski definition) is 4. The fourth-order valence-electron chi connectivity index (χ4n) is 3.35. The molecule has 0 spiro atoms. The maximum absolute atomic E-state index is 13.6. The van der Waals surface area contributed by atoms with Gasteiger partial charge in [-0.2, -0.15) is 0 Å². The van der Waals surface area contributed by atoms with E-state index in [1.807, 2.05) is 24.3 Å². The second-order valence-electron chi connectivity index (χ2n) is 6.95. The molecule has 0 saturated carbocycles. The Labute approximate surface area is 167 Å². The molecule has 29 heavy (non-hydrogen) atoms. The lowest BCUT2D eigenvalue weighted by atomic mass is 10.1. The predicted molar refractivity (Wildman–Crippen MR) is 107 cm³/mol. The van der Waals surface area contributed by atoms with Gasteiger partial charge in [0.15, 0.2) is 0 Å². The molecule has 3 aromatic rings. The monoisotopic (exact) mass is 390 g/mol. The number of nitrogens with one attached hydrogen (secondary N) is 2. The summed E-state index contributed by atoms with van der Waals surface area (Å²) in [5.74, 6) is -1.28. The number of aromatic nitrogens is 2. The SMILES string of the molecule is Cc1cnc(C(=O)N[C@H]2CCc3ccccc3NC2=O)nc1-c1cccc(F)c1. The number of rotatable bonds is 3. The van der Waals surface area contributed by atoms with Crippen LogP contribution in [-0.2, 0) is 11.2 Å². The number of benzene rings is 2. The molecule has 0 bridgehead atoms. The minimum Gasteiger partial charge on any atom is -0.337 e. The largest absolute Gasteiger partial charge is 0.337 e. The second kappa shape index (κ2) is 7.79. The first-order chi connectivity index (χ1) is 14.0. The van der Waals surface area contributed by atoms with E-state index >= 15 is 0 Å². The molecule has 1 aliphatic rings. The van der Waals surface area contributed by atoms with E-state index in [1.54, 1.807) is 19.1 Å². The number of anilines is 1. The summed E-state index contributed by atoms with van der Waals surface area (Å²) >= 11 is 0. The summed E-state index contributed by atoms with van der Waals surface area (Å²) in [6.07, 6.45) is 2.64. The molecule has 4 rings (SSSR count). The van der Waals surface area contributed by atoms with Crippen molar-refractivity contribution in [2.24, 2.45) is 0 Å². The van der Waals surface area contributed by atoms with Crippen LogP contribution in [-0.4, -0.2) is 27.8 Å². The van der Waals surface area contributed by atoms with Crippen molar-refractivity contribution >= 4 is 17.5 Å². The third kappa shape index (κ3) is 3.99. The highest BCUT2D eigenvalue weighted by Gasteiger charge is 2.26. The van der Waals surface area contributed by atoms with Gasteiger partial charge in [0.05, 0.1) is 5.69 Å². The van der Waals surface area contributed by atoms with Crippen molar-refractivity contribution in [1.29, 1.82) is 0 Å². The van der Waals surface area contributed by atoms with Gasteiger partial charge in [0.1, 0.15) is 11.9 Å². The molecule has 2 N–H and O–H groups in total. The minimum atomic E-state index is -0.697. The van der Waals surface area contributed by atoms with E-state index in [2.05, 4.69) is 20.6 Å². The van der Waals surface area contributed by atoms with Crippen molar-refractivity contribution < 1.29 is 14.0 Å². The van der Waals surface area contributed by atoms with Gasteiger partial charge in [0.2, 0.25) is 11.7 Å². The summed E-state index contributed by atoms with van der Waals surface area (Å²) < 4.78 is 13.6. The second-order valence-corrected chi connectivity index (χ2v) is 6.95. The normalized spacial score (nSPS) is 15.8. The van der Waals surface area contributed by atoms with Crippen LogP contribution in [0.25, 0.3) is 11.3 Å². The van der Waals surface area contributed by atoms with Crippen LogP contribution in [0.5, 0.6) is 0 Å². The van der Waals surface area contributed by atoms with Gasteiger partial charge in [0, 0.05) is 17.4 Å². The summed E-state index contributed by atoms with van der Waals surface area (Å²) in [6.45, 7) is 1.79. The highest BCUT2D eigenvalue weighted by atomic mass is 19.1. The molecule has 146 valence electrons. The Morgan fingerprint density at radius 2 is 2.03 bits per heavy atom. The Balaban J connectivity index is 1.55. The van der Waals surface area contributed by atoms with Gasteiger partial charge in [-0.15, -0.1) is 0 Å². The third-order valence-electron chi connectivity index (χ3n) is 4.87. The summed E-state index contributed by atoms with van der Waals surface area (Å²) in [4.78, 5) is 33.6. The van der Waals surface area contributed by atoms with Gasteiger partial charge in [-0.3, -0.25) is 9.59 Å². The summed E-state index contributed by atoms with van der Waals surface area (Å²) in [5, 5.41) is 5.56. The first kappa shape index (κ1) is 18.7. The van der Waals surface area contributed by atoms with Gasteiger partial charge >= 0.3 is 0 Å². The molecule has 7 heteroatoms. The number of hydrogen-bond donors (Lipinski definition) is 2. The van der Waals surface area contributed by atoms with Crippen LogP contribution >= 0.6 is 0 Å². The number of carbonyl (C=O) groups is 2. The molecule has 6 nitrogen and oxygen atoms in total. The Morgan fingerprint density at radius 3 is 2.86 bits per heavy atom. The van der Waals surface area contributed by atoms with Crippen molar-refractivity contribution in [3.05, 3.63) is 77.5 Å². The van der Waals surface area contributed by atoms with Gasteiger partial charge in [-0.1, -0.05) is 30.3 Å². The fourth-order valence-corrected chi connectivity index (χ4v) is 3.35. The van der Waals surface area contributed by atoms with E-state index < -0.39 is 11.9 Å². The fraction of sp³-hybridized carbons (Fsp3) is 0.182. The van der Waals surface area contributed by atoms with Crippen molar-refractivity contribution in [2.45, 2.75) is 25.8 Å². The smallest absolute Gasteiger partial charge is 0.289 e. The first-order valence-corrected chi connectivity index (χ1v) is 9.30. The number of nitrogens with zero attached hydrogens (tertiary/aromatic N) is 2. The van der Waals surface area contributed by atoms with Crippen LogP contribution in [0.1, 0.15) is 28.2 Å². The maximum Gasteiger partial charge on any atom is 0.289 e. The zero-order valence-corrected chi connectivity index (χ0v) is 15.8. The summed E-state index contributed by atoms with van der Waals surface area (Å²) in [5.41, 5.74) is 3.53.